The zero-order valence-electron chi connectivity index (χ0n) is 20.5. The summed E-state index contributed by atoms with van der Waals surface area (Å²) in [5, 5.41) is 3.51. The van der Waals surface area contributed by atoms with Gasteiger partial charge in [0.25, 0.3) is 0 Å². The summed E-state index contributed by atoms with van der Waals surface area (Å²) in [6.45, 7) is 6.94. The third-order valence-corrected chi connectivity index (χ3v) is 6.34. The van der Waals surface area contributed by atoms with Crippen LogP contribution >= 0.6 is 24.0 Å². The van der Waals surface area contributed by atoms with Crippen LogP contribution in [0.25, 0.3) is 0 Å². The number of carbonyl (C=O) groups is 1. The lowest BCUT2D eigenvalue weighted by molar-refractivity contribution is -0.189. The van der Waals surface area contributed by atoms with E-state index < -0.39 is 5.79 Å². The molecule has 1 unspecified atom stereocenters. The SMILES string of the molecule is CN(C)C(=O)CN=C(NCCCN(C)c1ccccc1)N1CCCC(C2(C)OCCO2)C1.I. The number of likely N-dealkylation sites (tertiary alicyclic amines) is 1. The predicted molar refractivity (Wildman–Crippen MR) is 143 cm³/mol. The number of carbonyl (C=O) groups excluding carboxylic acids is 1. The number of aliphatic imine (C=N–C) groups is 1. The van der Waals surface area contributed by atoms with E-state index in [1.165, 1.54) is 5.69 Å². The lowest BCUT2D eigenvalue weighted by atomic mass is 9.90. The van der Waals surface area contributed by atoms with Gasteiger partial charge in [0, 0.05) is 58.9 Å². The number of piperidine rings is 1. The van der Waals surface area contributed by atoms with Crippen molar-refractivity contribution in [2.24, 2.45) is 10.9 Å². The van der Waals surface area contributed by atoms with Crippen LogP contribution in [0.5, 0.6) is 0 Å². The molecule has 0 aliphatic carbocycles. The maximum atomic E-state index is 12.2. The van der Waals surface area contributed by atoms with Crippen molar-refractivity contribution < 1.29 is 14.3 Å². The van der Waals surface area contributed by atoms with Crippen LogP contribution < -0.4 is 10.2 Å². The summed E-state index contributed by atoms with van der Waals surface area (Å²) in [4.78, 5) is 22.9. The molecular formula is C24H40IN5O3. The summed E-state index contributed by atoms with van der Waals surface area (Å²) < 4.78 is 11.9. The smallest absolute Gasteiger partial charge is 0.243 e. The summed E-state index contributed by atoms with van der Waals surface area (Å²) >= 11 is 0. The van der Waals surface area contributed by atoms with Crippen LogP contribution in [0.15, 0.2) is 35.3 Å². The second-order valence-electron chi connectivity index (χ2n) is 8.96. The van der Waals surface area contributed by atoms with Crippen LogP contribution in [0, 0.1) is 5.92 Å². The molecule has 3 rings (SSSR count). The normalized spacial score (nSPS) is 20.2. The Labute approximate surface area is 215 Å². The van der Waals surface area contributed by atoms with Crippen molar-refractivity contribution in [1.29, 1.82) is 0 Å². The molecule has 8 nitrogen and oxygen atoms in total. The van der Waals surface area contributed by atoms with Crippen molar-refractivity contribution in [3.8, 4) is 0 Å². The number of guanidine groups is 1. The van der Waals surface area contributed by atoms with E-state index in [0.717, 1.165) is 51.4 Å². The summed E-state index contributed by atoms with van der Waals surface area (Å²) in [5.74, 6) is 0.547. The molecule has 2 aliphatic heterocycles. The fourth-order valence-electron chi connectivity index (χ4n) is 4.24. The molecule has 186 valence electrons. The minimum Gasteiger partial charge on any atom is -0.375 e. The first-order valence-electron chi connectivity index (χ1n) is 11.7. The molecule has 0 bridgehead atoms. The number of nitrogens with zero attached hydrogens (tertiary/aromatic N) is 4. The van der Waals surface area contributed by atoms with Gasteiger partial charge in [0.15, 0.2) is 11.7 Å². The highest BCUT2D eigenvalue weighted by molar-refractivity contribution is 14.0. The van der Waals surface area contributed by atoms with Gasteiger partial charge < -0.3 is 29.5 Å². The number of likely N-dealkylation sites (N-methyl/N-ethyl adjacent to an activating group) is 1. The van der Waals surface area contributed by atoms with Gasteiger partial charge in [0.1, 0.15) is 6.54 Å². The predicted octanol–water partition coefficient (Wildman–Crippen LogP) is 2.64. The molecule has 2 saturated heterocycles. The van der Waals surface area contributed by atoms with Gasteiger partial charge in [0.05, 0.1) is 13.2 Å². The van der Waals surface area contributed by atoms with Gasteiger partial charge in [-0.05, 0) is 38.3 Å². The second kappa shape index (κ2) is 13.3. The zero-order valence-corrected chi connectivity index (χ0v) is 22.8. The number of halogens is 1. The van der Waals surface area contributed by atoms with E-state index >= 15 is 0 Å². The van der Waals surface area contributed by atoms with E-state index in [9.17, 15) is 4.79 Å². The van der Waals surface area contributed by atoms with Crippen molar-refractivity contribution in [3.63, 3.8) is 0 Å². The number of anilines is 1. The van der Waals surface area contributed by atoms with Gasteiger partial charge in [-0.15, -0.1) is 24.0 Å². The number of nitrogens with one attached hydrogen (secondary N) is 1. The summed E-state index contributed by atoms with van der Waals surface area (Å²) in [6.07, 6.45) is 3.08. The molecular weight excluding hydrogens is 533 g/mol. The fraction of sp³-hybridized carbons (Fsp3) is 0.667. The van der Waals surface area contributed by atoms with E-state index in [2.05, 4.69) is 51.4 Å². The summed E-state index contributed by atoms with van der Waals surface area (Å²) in [5.41, 5.74) is 1.21. The summed E-state index contributed by atoms with van der Waals surface area (Å²) in [7, 11) is 5.63. The molecule has 2 fully saturated rings. The molecule has 1 amide bonds. The third-order valence-electron chi connectivity index (χ3n) is 6.34. The van der Waals surface area contributed by atoms with Crippen LogP contribution in [0.2, 0.25) is 0 Å². The molecule has 1 aromatic rings. The molecule has 0 spiro atoms. The van der Waals surface area contributed by atoms with Crippen molar-refractivity contribution in [1.82, 2.24) is 15.1 Å². The van der Waals surface area contributed by atoms with Crippen LogP contribution in [0.4, 0.5) is 5.69 Å². The third kappa shape index (κ3) is 7.99. The molecule has 0 saturated carbocycles. The van der Waals surface area contributed by atoms with Crippen LogP contribution in [0.3, 0.4) is 0 Å². The number of benzene rings is 1. The Morgan fingerprint density at radius 2 is 1.91 bits per heavy atom. The van der Waals surface area contributed by atoms with Gasteiger partial charge in [-0.2, -0.15) is 0 Å². The molecule has 9 heteroatoms. The number of amides is 1. The number of rotatable bonds is 8. The van der Waals surface area contributed by atoms with Crippen LogP contribution in [-0.2, 0) is 14.3 Å². The van der Waals surface area contributed by atoms with Gasteiger partial charge in [-0.1, -0.05) is 18.2 Å². The molecule has 33 heavy (non-hydrogen) atoms. The highest BCUT2D eigenvalue weighted by Gasteiger charge is 2.42. The lowest BCUT2D eigenvalue weighted by Crippen LogP contribution is -2.52. The maximum absolute atomic E-state index is 12.2. The average Bonchev–Trinajstić information content (AvgIpc) is 3.26. The first-order chi connectivity index (χ1) is 15.4. The topological polar surface area (TPSA) is 69.6 Å². The Morgan fingerprint density at radius 3 is 2.58 bits per heavy atom. The highest BCUT2D eigenvalue weighted by Crippen LogP contribution is 2.34. The standard InChI is InChI=1S/C24H39N5O3.HI/c1-24(31-16-17-32-24)20-10-8-15-29(19-20)23(26-18-22(30)27(2)3)25-13-9-14-28(4)21-11-6-5-7-12-21;/h5-7,11-12,20H,8-10,13-19H2,1-4H3,(H,25,26);1H. The first-order valence-corrected chi connectivity index (χ1v) is 11.7. The van der Waals surface area contributed by atoms with Crippen molar-refractivity contribution >= 4 is 41.5 Å². The molecule has 2 aliphatic rings. The number of hydrogen-bond donors (Lipinski definition) is 1. The molecule has 1 aromatic carbocycles. The minimum atomic E-state index is -0.526. The first kappa shape index (κ1) is 27.7. The summed E-state index contributed by atoms with van der Waals surface area (Å²) in [6, 6.07) is 10.4. The van der Waals surface area contributed by atoms with Gasteiger partial charge in [0.2, 0.25) is 5.91 Å². The lowest BCUT2D eigenvalue weighted by Gasteiger charge is -2.41. The monoisotopic (exact) mass is 573 g/mol. The quantitative estimate of drug-likeness (QED) is 0.223. The molecule has 0 radical (unpaired) electrons. The number of para-hydroxylation sites is 1. The molecule has 1 N–H and O–H groups in total. The van der Waals surface area contributed by atoms with Crippen LogP contribution in [-0.4, -0.2) is 94.5 Å². The maximum Gasteiger partial charge on any atom is 0.243 e. The van der Waals surface area contributed by atoms with E-state index in [0.29, 0.717) is 13.2 Å². The largest absolute Gasteiger partial charge is 0.375 e. The Morgan fingerprint density at radius 1 is 1.21 bits per heavy atom. The minimum absolute atomic E-state index is 0. The number of ether oxygens (including phenoxy) is 2. The van der Waals surface area contributed by atoms with E-state index in [-0.39, 0.29) is 42.3 Å². The van der Waals surface area contributed by atoms with E-state index in [1.54, 1.807) is 19.0 Å². The van der Waals surface area contributed by atoms with Gasteiger partial charge >= 0.3 is 0 Å². The van der Waals surface area contributed by atoms with E-state index in [1.807, 2.05) is 13.0 Å². The Kier molecular flexibility index (Phi) is 11.2. The van der Waals surface area contributed by atoms with Crippen molar-refractivity contribution in [2.75, 3.05) is 72.0 Å². The molecule has 2 heterocycles. The second-order valence-corrected chi connectivity index (χ2v) is 8.96. The highest BCUT2D eigenvalue weighted by atomic mass is 127. The fourth-order valence-corrected chi connectivity index (χ4v) is 4.24. The Hall–Kier alpha value is -1.59. The zero-order chi connectivity index (χ0) is 23.0. The van der Waals surface area contributed by atoms with Crippen molar-refractivity contribution in [3.05, 3.63) is 30.3 Å². The van der Waals surface area contributed by atoms with Crippen LogP contribution in [0.1, 0.15) is 26.2 Å². The van der Waals surface area contributed by atoms with Crippen molar-refractivity contribution in [2.45, 2.75) is 32.0 Å². The molecule has 1 atom stereocenters. The Bertz CT molecular complexity index is 756. The number of hydrogen-bond acceptors (Lipinski definition) is 5. The van der Waals surface area contributed by atoms with Gasteiger partial charge in [-0.25, -0.2) is 4.99 Å². The Balaban J connectivity index is 0.00000385. The average molecular weight is 574 g/mol. The van der Waals surface area contributed by atoms with E-state index in [4.69, 9.17) is 9.47 Å². The molecule has 0 aromatic heterocycles. The van der Waals surface area contributed by atoms with Gasteiger partial charge in [-0.3, -0.25) is 4.79 Å².